The Balaban J connectivity index is 1.52. The van der Waals surface area contributed by atoms with Crippen LogP contribution in [0.15, 0.2) is 91.5 Å². The maximum Gasteiger partial charge on any atom is 0.411 e. The molecule has 0 saturated carbocycles. The number of rotatable bonds is 11. The van der Waals surface area contributed by atoms with Gasteiger partial charge in [0.15, 0.2) is 6.29 Å². The molecule has 0 bridgehead atoms. The molecule has 212 valence electrons. The molecule has 1 heterocycles. The average Bonchev–Trinajstić information content (AvgIpc) is 2.99. The molecule has 0 spiro atoms. The van der Waals surface area contributed by atoms with E-state index in [1.54, 1.807) is 12.1 Å². The Morgan fingerprint density at radius 2 is 1.85 bits per heavy atom. The highest BCUT2D eigenvalue weighted by Crippen LogP contribution is 2.39. The predicted molar refractivity (Wildman–Crippen MR) is 154 cm³/mol. The zero-order valence-electron chi connectivity index (χ0n) is 23.0. The zero-order valence-corrected chi connectivity index (χ0v) is 23.0. The van der Waals surface area contributed by atoms with Crippen LogP contribution in [0.2, 0.25) is 0 Å². The molecule has 1 aliphatic rings. The summed E-state index contributed by atoms with van der Waals surface area (Å²) in [6.45, 7) is 6.21. The van der Waals surface area contributed by atoms with Gasteiger partial charge in [-0.15, -0.1) is 0 Å². The molecule has 1 amide bonds. The summed E-state index contributed by atoms with van der Waals surface area (Å²) in [5.41, 5.74) is 3.99. The number of amides is 1. The van der Waals surface area contributed by atoms with Crippen LogP contribution in [-0.4, -0.2) is 53.6 Å². The lowest BCUT2D eigenvalue weighted by atomic mass is 9.98. The van der Waals surface area contributed by atoms with Gasteiger partial charge in [0.2, 0.25) is 0 Å². The van der Waals surface area contributed by atoms with E-state index < -0.39 is 18.5 Å². The molecule has 3 aromatic rings. The zero-order chi connectivity index (χ0) is 28.5. The molecule has 0 unspecified atom stereocenters. The van der Waals surface area contributed by atoms with Crippen molar-refractivity contribution < 1.29 is 29.2 Å². The van der Waals surface area contributed by atoms with Crippen LogP contribution in [0.1, 0.15) is 54.1 Å². The van der Waals surface area contributed by atoms with Gasteiger partial charge in [-0.05, 0) is 42.8 Å². The largest absolute Gasteiger partial charge is 0.445 e. The number of carbonyl (C=O) groups excluding carboxylic acids is 1. The molecule has 8 heteroatoms. The van der Waals surface area contributed by atoms with Crippen LogP contribution in [-0.2, 0) is 20.8 Å². The second-order valence-corrected chi connectivity index (χ2v) is 10.0. The number of nitrogens with one attached hydrogen (secondary N) is 1. The standard InChI is InChI=1S/C32H38N2O6/c1-4-17-38-32(37)33-27-12-8-11-26(18-27)31-39-28(19-29(40-31)24-15-13-23(21-35)14-16-24)20-34(3)22(2)30(36)25-9-6-5-7-10-25/h4-16,18,22,28-31,35-36H,1,17,19-21H2,2-3H3,(H,33,37)/t22-,28-,29+,30-,31+/m1/s1. The Labute approximate surface area is 235 Å². The smallest absolute Gasteiger partial charge is 0.411 e. The van der Waals surface area contributed by atoms with Gasteiger partial charge in [0.25, 0.3) is 0 Å². The third-order valence-corrected chi connectivity index (χ3v) is 7.14. The third kappa shape index (κ3) is 7.78. The molecule has 40 heavy (non-hydrogen) atoms. The molecule has 1 fully saturated rings. The Morgan fingerprint density at radius 1 is 1.10 bits per heavy atom. The van der Waals surface area contributed by atoms with Crippen molar-refractivity contribution >= 4 is 11.8 Å². The van der Waals surface area contributed by atoms with E-state index in [1.807, 2.05) is 80.7 Å². The van der Waals surface area contributed by atoms with Crippen LogP contribution in [0.3, 0.4) is 0 Å². The van der Waals surface area contributed by atoms with Gasteiger partial charge in [0.05, 0.1) is 24.9 Å². The molecule has 5 atom stereocenters. The van der Waals surface area contributed by atoms with E-state index >= 15 is 0 Å². The van der Waals surface area contributed by atoms with Crippen molar-refractivity contribution in [2.45, 2.75) is 50.6 Å². The Hall–Kier alpha value is -3.53. The van der Waals surface area contributed by atoms with E-state index in [0.717, 1.165) is 22.3 Å². The Morgan fingerprint density at radius 3 is 2.55 bits per heavy atom. The molecule has 1 aliphatic heterocycles. The first-order valence-corrected chi connectivity index (χ1v) is 13.5. The predicted octanol–water partition coefficient (Wildman–Crippen LogP) is 5.51. The molecule has 4 rings (SSSR count). The number of likely N-dealkylation sites (N-methyl/N-ethyl adjacent to an activating group) is 1. The van der Waals surface area contributed by atoms with Gasteiger partial charge in [-0.25, -0.2) is 4.79 Å². The highest BCUT2D eigenvalue weighted by Gasteiger charge is 2.34. The number of ether oxygens (including phenoxy) is 3. The van der Waals surface area contributed by atoms with Crippen molar-refractivity contribution in [2.24, 2.45) is 0 Å². The number of aliphatic hydroxyl groups is 2. The van der Waals surface area contributed by atoms with E-state index in [0.29, 0.717) is 18.7 Å². The summed E-state index contributed by atoms with van der Waals surface area (Å²) in [5.74, 6) is 0. The van der Waals surface area contributed by atoms with Gasteiger partial charge in [0.1, 0.15) is 6.61 Å². The summed E-state index contributed by atoms with van der Waals surface area (Å²) in [4.78, 5) is 14.2. The number of aliphatic hydroxyl groups excluding tert-OH is 2. The SMILES string of the molecule is C=CCOC(=O)Nc1cccc([C@H]2O[C@@H](CN(C)[C@H](C)[C@@H](O)c3ccccc3)C[C@@H](c3ccc(CO)cc3)O2)c1. The summed E-state index contributed by atoms with van der Waals surface area (Å²) in [7, 11) is 1.98. The molecule has 8 nitrogen and oxygen atoms in total. The molecular weight excluding hydrogens is 508 g/mol. The lowest BCUT2D eigenvalue weighted by Gasteiger charge is -2.39. The molecule has 0 aliphatic carbocycles. The average molecular weight is 547 g/mol. The van der Waals surface area contributed by atoms with Crippen molar-refractivity contribution in [1.82, 2.24) is 4.90 Å². The van der Waals surface area contributed by atoms with Crippen molar-refractivity contribution in [3.63, 3.8) is 0 Å². The number of benzene rings is 3. The topological polar surface area (TPSA) is 100 Å². The quantitative estimate of drug-likeness (QED) is 0.273. The van der Waals surface area contributed by atoms with Crippen molar-refractivity contribution in [3.8, 4) is 0 Å². The van der Waals surface area contributed by atoms with Crippen LogP contribution in [0.25, 0.3) is 0 Å². The normalized spacial score (nSPS) is 20.5. The maximum absolute atomic E-state index is 12.1. The molecule has 3 N–H and O–H groups in total. The molecule has 0 aromatic heterocycles. The van der Waals surface area contributed by atoms with Gasteiger partial charge >= 0.3 is 6.09 Å². The summed E-state index contributed by atoms with van der Waals surface area (Å²) in [5, 5.41) is 23.2. The van der Waals surface area contributed by atoms with Crippen LogP contribution >= 0.6 is 0 Å². The minimum absolute atomic E-state index is 0.0262. The Kier molecular flexibility index (Phi) is 10.5. The number of carbonyl (C=O) groups is 1. The lowest BCUT2D eigenvalue weighted by molar-refractivity contribution is -0.253. The first kappa shape index (κ1) is 29.5. The fourth-order valence-electron chi connectivity index (χ4n) is 4.74. The number of nitrogens with zero attached hydrogens (tertiary/aromatic N) is 1. The van der Waals surface area contributed by atoms with E-state index in [4.69, 9.17) is 14.2 Å². The summed E-state index contributed by atoms with van der Waals surface area (Å²) < 4.78 is 17.9. The number of hydrogen-bond acceptors (Lipinski definition) is 7. The van der Waals surface area contributed by atoms with Gasteiger partial charge in [-0.1, -0.05) is 79.4 Å². The van der Waals surface area contributed by atoms with E-state index in [-0.39, 0.29) is 31.5 Å². The fourth-order valence-corrected chi connectivity index (χ4v) is 4.74. The summed E-state index contributed by atoms with van der Waals surface area (Å²) in [6.07, 6.45) is -0.250. The van der Waals surface area contributed by atoms with Gasteiger partial charge in [-0.3, -0.25) is 10.2 Å². The first-order chi connectivity index (χ1) is 19.4. The maximum atomic E-state index is 12.1. The molecule has 1 saturated heterocycles. The van der Waals surface area contributed by atoms with Crippen molar-refractivity contribution in [3.05, 3.63) is 114 Å². The van der Waals surface area contributed by atoms with E-state index in [9.17, 15) is 15.0 Å². The summed E-state index contributed by atoms with van der Waals surface area (Å²) in [6, 6.07) is 24.5. The van der Waals surface area contributed by atoms with Gasteiger partial charge in [-0.2, -0.15) is 0 Å². The minimum Gasteiger partial charge on any atom is -0.445 e. The third-order valence-electron chi connectivity index (χ3n) is 7.14. The van der Waals surface area contributed by atoms with E-state index in [2.05, 4.69) is 16.8 Å². The Bertz CT molecular complexity index is 1240. The van der Waals surface area contributed by atoms with Crippen molar-refractivity contribution in [1.29, 1.82) is 0 Å². The highest BCUT2D eigenvalue weighted by atomic mass is 16.7. The van der Waals surface area contributed by atoms with Gasteiger partial charge in [0, 0.05) is 30.3 Å². The van der Waals surface area contributed by atoms with Gasteiger partial charge < -0.3 is 24.4 Å². The monoisotopic (exact) mass is 546 g/mol. The molecular formula is C32H38N2O6. The second kappa shape index (κ2) is 14.2. The first-order valence-electron chi connectivity index (χ1n) is 13.5. The van der Waals surface area contributed by atoms with Crippen LogP contribution in [0.5, 0.6) is 0 Å². The van der Waals surface area contributed by atoms with Crippen LogP contribution in [0, 0.1) is 0 Å². The van der Waals surface area contributed by atoms with Crippen molar-refractivity contribution in [2.75, 3.05) is 25.5 Å². The van der Waals surface area contributed by atoms with E-state index in [1.165, 1.54) is 6.08 Å². The number of hydrogen-bond donors (Lipinski definition) is 3. The lowest BCUT2D eigenvalue weighted by Crippen LogP contribution is -2.43. The summed E-state index contributed by atoms with van der Waals surface area (Å²) >= 11 is 0. The highest BCUT2D eigenvalue weighted by molar-refractivity contribution is 5.84. The molecule has 0 radical (unpaired) electrons. The fraction of sp³-hybridized carbons (Fsp3) is 0.344. The second-order valence-electron chi connectivity index (χ2n) is 10.0. The van der Waals surface area contributed by atoms with Crippen LogP contribution in [0.4, 0.5) is 10.5 Å². The minimum atomic E-state index is -0.685. The molecule has 3 aromatic carbocycles. The number of anilines is 1. The van der Waals surface area contributed by atoms with Crippen LogP contribution < -0.4 is 5.32 Å².